The molecule has 7 heteroatoms. The highest BCUT2D eigenvalue weighted by Gasteiger charge is 2.16. The molecule has 1 heterocycles. The molecule has 0 bridgehead atoms. The Labute approximate surface area is 173 Å². The van der Waals surface area contributed by atoms with Gasteiger partial charge in [0.1, 0.15) is 0 Å². The summed E-state index contributed by atoms with van der Waals surface area (Å²) < 4.78 is 1.39. The molecule has 0 aliphatic carbocycles. The Hall–Kier alpha value is -2.31. The van der Waals surface area contributed by atoms with E-state index in [1.54, 1.807) is 30.0 Å². The standard InChI is InChI=1S/C21H22ClN3O2S/c1-14(2)13-25-21(27)18-6-4-3-5-17(18)19(24-25)20(26)23-11-12-28-16-9-7-15(22)8-10-16/h3-10,14H,11-13H2,1-2H3,(H,23,26). The fourth-order valence-electron chi connectivity index (χ4n) is 2.82. The van der Waals surface area contributed by atoms with Crippen LogP contribution in [0.3, 0.4) is 0 Å². The molecule has 3 aromatic rings. The number of nitrogens with one attached hydrogen (secondary N) is 1. The van der Waals surface area contributed by atoms with E-state index in [2.05, 4.69) is 10.4 Å². The lowest BCUT2D eigenvalue weighted by atomic mass is 10.1. The summed E-state index contributed by atoms with van der Waals surface area (Å²) in [5.41, 5.74) is 0.117. The highest BCUT2D eigenvalue weighted by molar-refractivity contribution is 7.99. The topological polar surface area (TPSA) is 64.0 Å². The van der Waals surface area contributed by atoms with E-state index in [0.717, 1.165) is 10.6 Å². The highest BCUT2D eigenvalue weighted by Crippen LogP contribution is 2.20. The number of nitrogens with zero attached hydrogens (tertiary/aromatic N) is 2. The molecular formula is C21H22ClN3O2S. The van der Waals surface area contributed by atoms with Crippen molar-refractivity contribution in [2.24, 2.45) is 5.92 Å². The van der Waals surface area contributed by atoms with Gasteiger partial charge in [0.15, 0.2) is 5.69 Å². The van der Waals surface area contributed by atoms with Gasteiger partial charge in [0.25, 0.3) is 11.5 Å². The summed E-state index contributed by atoms with van der Waals surface area (Å²) in [6.45, 7) is 4.98. The number of hydrogen-bond donors (Lipinski definition) is 1. The number of fused-ring (bicyclic) bond motifs is 1. The molecular weight excluding hydrogens is 394 g/mol. The summed E-state index contributed by atoms with van der Waals surface area (Å²) in [6.07, 6.45) is 0. The Morgan fingerprint density at radius 3 is 2.50 bits per heavy atom. The molecule has 0 spiro atoms. The normalized spacial score (nSPS) is 11.1. The van der Waals surface area contributed by atoms with E-state index in [0.29, 0.717) is 28.9 Å². The number of amides is 1. The Morgan fingerprint density at radius 1 is 1.14 bits per heavy atom. The molecule has 0 atom stereocenters. The molecule has 0 aliphatic rings. The molecule has 5 nitrogen and oxygen atoms in total. The lowest BCUT2D eigenvalue weighted by Gasteiger charge is -2.12. The number of aromatic nitrogens is 2. The quantitative estimate of drug-likeness (QED) is 0.463. The molecule has 3 rings (SSSR count). The van der Waals surface area contributed by atoms with Gasteiger partial charge in [-0.3, -0.25) is 9.59 Å². The minimum atomic E-state index is -0.273. The van der Waals surface area contributed by atoms with Gasteiger partial charge >= 0.3 is 0 Å². The van der Waals surface area contributed by atoms with Crippen LogP contribution in [0.15, 0.2) is 58.2 Å². The van der Waals surface area contributed by atoms with E-state index in [1.165, 1.54) is 4.68 Å². The zero-order valence-electron chi connectivity index (χ0n) is 15.8. The van der Waals surface area contributed by atoms with Crippen LogP contribution in [0.2, 0.25) is 5.02 Å². The van der Waals surface area contributed by atoms with E-state index in [-0.39, 0.29) is 23.1 Å². The van der Waals surface area contributed by atoms with Gasteiger partial charge in [0.2, 0.25) is 0 Å². The molecule has 1 amide bonds. The van der Waals surface area contributed by atoms with Gasteiger partial charge < -0.3 is 5.32 Å². The third kappa shape index (κ3) is 4.94. The molecule has 0 saturated heterocycles. The van der Waals surface area contributed by atoms with Crippen molar-refractivity contribution in [1.29, 1.82) is 0 Å². The molecule has 146 valence electrons. The maximum atomic E-state index is 12.7. The van der Waals surface area contributed by atoms with E-state index in [1.807, 2.05) is 44.2 Å². The van der Waals surface area contributed by atoms with E-state index < -0.39 is 0 Å². The number of thioether (sulfide) groups is 1. The highest BCUT2D eigenvalue weighted by atomic mass is 35.5. The minimum Gasteiger partial charge on any atom is -0.350 e. The van der Waals surface area contributed by atoms with Gasteiger partial charge in [-0.1, -0.05) is 43.6 Å². The van der Waals surface area contributed by atoms with Crippen molar-refractivity contribution in [3.63, 3.8) is 0 Å². The van der Waals surface area contributed by atoms with Crippen LogP contribution in [0.25, 0.3) is 10.8 Å². The first kappa shape index (κ1) is 20.4. The largest absolute Gasteiger partial charge is 0.350 e. The molecule has 2 aromatic carbocycles. The molecule has 0 saturated carbocycles. The van der Waals surface area contributed by atoms with E-state index >= 15 is 0 Å². The van der Waals surface area contributed by atoms with Crippen molar-refractivity contribution in [2.45, 2.75) is 25.3 Å². The first-order valence-electron chi connectivity index (χ1n) is 9.12. The first-order chi connectivity index (χ1) is 13.5. The second-order valence-corrected chi connectivity index (χ2v) is 8.44. The maximum absolute atomic E-state index is 12.7. The van der Waals surface area contributed by atoms with Gasteiger partial charge in [0.05, 0.1) is 5.39 Å². The molecule has 0 radical (unpaired) electrons. The molecule has 28 heavy (non-hydrogen) atoms. The fraction of sp³-hybridized carbons (Fsp3) is 0.286. The van der Waals surface area contributed by atoms with Gasteiger partial charge in [-0.15, -0.1) is 11.8 Å². The Morgan fingerprint density at radius 2 is 1.82 bits per heavy atom. The van der Waals surface area contributed by atoms with Crippen molar-refractivity contribution in [3.05, 3.63) is 69.6 Å². The minimum absolute atomic E-state index is 0.167. The second-order valence-electron chi connectivity index (χ2n) is 6.83. The van der Waals surface area contributed by atoms with Crippen molar-refractivity contribution in [3.8, 4) is 0 Å². The van der Waals surface area contributed by atoms with Gasteiger partial charge in [-0.25, -0.2) is 4.68 Å². The third-order valence-corrected chi connectivity index (χ3v) is 5.36. The number of hydrogen-bond acceptors (Lipinski definition) is 4. The number of halogens is 1. The molecule has 0 fully saturated rings. The van der Waals surface area contributed by atoms with Crippen molar-refractivity contribution < 1.29 is 4.79 Å². The Bertz CT molecular complexity index is 1030. The van der Waals surface area contributed by atoms with Crippen LogP contribution in [0.4, 0.5) is 0 Å². The van der Waals surface area contributed by atoms with Crippen LogP contribution < -0.4 is 10.9 Å². The lowest BCUT2D eigenvalue weighted by Crippen LogP contribution is -2.32. The van der Waals surface area contributed by atoms with Crippen LogP contribution in [-0.4, -0.2) is 28.0 Å². The monoisotopic (exact) mass is 415 g/mol. The average molecular weight is 416 g/mol. The summed E-state index contributed by atoms with van der Waals surface area (Å²) in [5.74, 6) is 0.695. The predicted octanol–water partition coefficient (Wildman–Crippen LogP) is 4.23. The van der Waals surface area contributed by atoms with Crippen LogP contribution in [0.5, 0.6) is 0 Å². The second kappa shape index (κ2) is 9.26. The summed E-state index contributed by atoms with van der Waals surface area (Å²) in [6, 6.07) is 14.7. The number of rotatable bonds is 7. The summed E-state index contributed by atoms with van der Waals surface area (Å²) in [5, 5.41) is 9.06. The zero-order valence-corrected chi connectivity index (χ0v) is 17.4. The van der Waals surface area contributed by atoms with Gasteiger partial charge in [0, 0.05) is 34.1 Å². The molecule has 1 aromatic heterocycles. The predicted molar refractivity (Wildman–Crippen MR) is 115 cm³/mol. The first-order valence-corrected chi connectivity index (χ1v) is 10.5. The van der Waals surface area contributed by atoms with Crippen LogP contribution in [-0.2, 0) is 6.54 Å². The number of benzene rings is 2. The van der Waals surface area contributed by atoms with Crippen molar-refractivity contribution in [1.82, 2.24) is 15.1 Å². The summed E-state index contributed by atoms with van der Waals surface area (Å²) in [4.78, 5) is 26.5. The zero-order chi connectivity index (χ0) is 20.1. The van der Waals surface area contributed by atoms with Crippen molar-refractivity contribution >= 4 is 40.0 Å². The van der Waals surface area contributed by atoms with E-state index in [9.17, 15) is 9.59 Å². The molecule has 0 aliphatic heterocycles. The third-order valence-electron chi connectivity index (χ3n) is 4.09. The van der Waals surface area contributed by atoms with Crippen molar-refractivity contribution in [2.75, 3.05) is 12.3 Å². The molecule has 0 unspecified atom stereocenters. The van der Waals surface area contributed by atoms with Gasteiger partial charge in [-0.2, -0.15) is 5.10 Å². The summed E-state index contributed by atoms with van der Waals surface area (Å²) in [7, 11) is 0. The smallest absolute Gasteiger partial charge is 0.274 e. The SMILES string of the molecule is CC(C)Cn1nc(C(=O)NCCSc2ccc(Cl)cc2)c2ccccc2c1=O. The van der Waals surface area contributed by atoms with Crippen LogP contribution in [0, 0.1) is 5.92 Å². The maximum Gasteiger partial charge on any atom is 0.274 e. The lowest BCUT2D eigenvalue weighted by molar-refractivity contribution is 0.0950. The van der Waals surface area contributed by atoms with Crippen LogP contribution >= 0.6 is 23.4 Å². The van der Waals surface area contributed by atoms with E-state index in [4.69, 9.17) is 11.6 Å². The number of carbonyl (C=O) groups excluding carboxylic acids is 1. The fourth-order valence-corrected chi connectivity index (χ4v) is 3.71. The van der Waals surface area contributed by atoms with Crippen LogP contribution in [0.1, 0.15) is 24.3 Å². The summed E-state index contributed by atoms with van der Waals surface area (Å²) >= 11 is 7.52. The molecule has 1 N–H and O–H groups in total. The number of carbonyl (C=O) groups is 1. The average Bonchev–Trinajstić information content (AvgIpc) is 2.68. The van der Waals surface area contributed by atoms with Gasteiger partial charge in [-0.05, 0) is 36.2 Å². The Balaban J connectivity index is 1.74. The Kier molecular flexibility index (Phi) is 6.75.